The average Bonchev–Trinajstić information content (AvgIpc) is 2.66. The molecule has 1 aromatic carbocycles. The number of nitrogens with zero attached hydrogens (tertiary/aromatic N) is 2. The Morgan fingerprint density at radius 3 is 2.81 bits per heavy atom. The first-order chi connectivity index (χ1) is 13.0. The van der Waals surface area contributed by atoms with Gasteiger partial charge >= 0.3 is 0 Å². The van der Waals surface area contributed by atoms with Gasteiger partial charge in [-0.05, 0) is 35.9 Å². The predicted molar refractivity (Wildman–Crippen MR) is 99.0 cm³/mol. The van der Waals surface area contributed by atoms with Crippen molar-refractivity contribution in [3.8, 4) is 11.6 Å². The lowest BCUT2D eigenvalue weighted by Crippen LogP contribution is -2.26. The number of pyridine rings is 2. The highest BCUT2D eigenvalue weighted by atomic mass is 35.5. The van der Waals surface area contributed by atoms with E-state index in [1.165, 1.54) is 42.3 Å². The lowest BCUT2D eigenvalue weighted by atomic mass is 10.2. The van der Waals surface area contributed by atoms with E-state index >= 15 is 0 Å². The first kappa shape index (κ1) is 18.6. The highest BCUT2D eigenvalue weighted by Gasteiger charge is 2.10. The molecule has 0 fully saturated rings. The minimum Gasteiger partial charge on any atom is -0.479 e. The lowest BCUT2D eigenvalue weighted by Gasteiger charge is -2.10. The molecule has 0 spiro atoms. The van der Waals surface area contributed by atoms with Crippen LogP contribution in [0, 0.1) is 5.82 Å². The Balaban J connectivity index is 1.78. The number of carbonyl (C=O) groups excluding carboxylic acids is 1. The van der Waals surface area contributed by atoms with Gasteiger partial charge < -0.3 is 10.1 Å². The van der Waals surface area contributed by atoms with Gasteiger partial charge in [-0.3, -0.25) is 14.2 Å². The Labute approximate surface area is 159 Å². The van der Waals surface area contributed by atoms with Gasteiger partial charge in [0.1, 0.15) is 0 Å². The van der Waals surface area contributed by atoms with E-state index in [1.807, 2.05) is 0 Å². The van der Waals surface area contributed by atoms with Crippen molar-refractivity contribution < 1.29 is 13.9 Å². The Morgan fingerprint density at radius 1 is 1.30 bits per heavy atom. The van der Waals surface area contributed by atoms with Gasteiger partial charge in [0.2, 0.25) is 5.88 Å². The molecule has 3 rings (SSSR count). The molecule has 138 valence electrons. The van der Waals surface area contributed by atoms with Gasteiger partial charge in [0.05, 0.1) is 18.4 Å². The molecule has 0 aliphatic carbocycles. The third-order valence-electron chi connectivity index (χ3n) is 3.77. The smallest absolute Gasteiger partial charge is 0.255 e. The number of hydrogen-bond donors (Lipinski definition) is 1. The van der Waals surface area contributed by atoms with Gasteiger partial charge in [-0.15, -0.1) is 0 Å². The number of hydrogen-bond acceptors (Lipinski definition) is 4. The molecule has 2 aromatic heterocycles. The number of halogens is 2. The van der Waals surface area contributed by atoms with E-state index in [2.05, 4.69) is 10.3 Å². The predicted octanol–water partition coefficient (Wildman–Crippen LogP) is 2.96. The Hall–Kier alpha value is -3.19. The Kier molecular flexibility index (Phi) is 5.52. The molecule has 0 saturated heterocycles. The van der Waals surface area contributed by atoms with Crippen LogP contribution in [-0.4, -0.2) is 22.6 Å². The monoisotopic (exact) mass is 387 g/mol. The molecule has 3 aromatic rings. The van der Waals surface area contributed by atoms with E-state index in [4.69, 9.17) is 16.3 Å². The summed E-state index contributed by atoms with van der Waals surface area (Å²) in [6.07, 6.45) is 2.84. The number of aromatic nitrogens is 2. The molecule has 0 aliphatic heterocycles. The standard InChI is InChI=1S/C19H15ClFN3O3/c1-27-19-16(21)7-12(10-23-19)9-22-18(26)13-5-6-17(25)24(11-13)15-4-2-3-14(20)8-15/h2-8,10-11H,9H2,1H3,(H,22,26). The molecule has 0 aliphatic rings. The maximum Gasteiger partial charge on any atom is 0.255 e. The number of rotatable bonds is 5. The molecule has 6 nitrogen and oxygen atoms in total. The first-order valence-corrected chi connectivity index (χ1v) is 8.31. The maximum absolute atomic E-state index is 13.7. The molecule has 27 heavy (non-hydrogen) atoms. The summed E-state index contributed by atoms with van der Waals surface area (Å²) in [6.45, 7) is 0.0725. The van der Waals surface area contributed by atoms with Crippen LogP contribution in [0.5, 0.6) is 5.88 Å². The van der Waals surface area contributed by atoms with Crippen molar-refractivity contribution >= 4 is 17.5 Å². The van der Waals surface area contributed by atoms with Crippen LogP contribution in [0.15, 0.2) is 59.7 Å². The largest absolute Gasteiger partial charge is 0.479 e. The van der Waals surface area contributed by atoms with Gasteiger partial charge in [-0.25, -0.2) is 9.37 Å². The zero-order chi connectivity index (χ0) is 19.4. The van der Waals surface area contributed by atoms with E-state index in [-0.39, 0.29) is 23.5 Å². The van der Waals surface area contributed by atoms with E-state index in [1.54, 1.807) is 24.3 Å². The minimum atomic E-state index is -0.612. The fourth-order valence-corrected chi connectivity index (χ4v) is 2.63. The second-order valence-corrected chi connectivity index (χ2v) is 6.06. The van der Waals surface area contributed by atoms with Gasteiger partial charge in [0, 0.05) is 30.0 Å². The Bertz CT molecular complexity index is 1050. The third kappa shape index (κ3) is 4.32. The second kappa shape index (κ2) is 8.01. The molecule has 2 heterocycles. The summed E-state index contributed by atoms with van der Waals surface area (Å²) in [6, 6.07) is 10.7. The van der Waals surface area contributed by atoms with E-state index in [0.29, 0.717) is 16.3 Å². The summed E-state index contributed by atoms with van der Waals surface area (Å²) in [7, 11) is 1.32. The zero-order valence-electron chi connectivity index (χ0n) is 14.3. The van der Waals surface area contributed by atoms with Crippen molar-refractivity contribution in [1.82, 2.24) is 14.9 Å². The number of ether oxygens (including phenoxy) is 1. The molecule has 1 amide bonds. The summed E-state index contributed by atoms with van der Waals surface area (Å²) in [5.74, 6) is -1.14. The molecule has 1 N–H and O–H groups in total. The lowest BCUT2D eigenvalue weighted by molar-refractivity contribution is 0.0950. The molecular weight excluding hydrogens is 373 g/mol. The SMILES string of the molecule is COc1ncc(CNC(=O)c2ccc(=O)n(-c3cccc(Cl)c3)c2)cc1F. The van der Waals surface area contributed by atoms with Crippen LogP contribution >= 0.6 is 11.6 Å². The normalized spacial score (nSPS) is 10.5. The van der Waals surface area contributed by atoms with Crippen LogP contribution < -0.4 is 15.6 Å². The quantitative estimate of drug-likeness (QED) is 0.730. The molecule has 0 atom stereocenters. The summed E-state index contributed by atoms with van der Waals surface area (Å²) in [5, 5.41) is 3.14. The summed E-state index contributed by atoms with van der Waals surface area (Å²) < 4.78 is 19.7. The number of methoxy groups -OCH3 is 1. The molecule has 0 saturated carbocycles. The zero-order valence-corrected chi connectivity index (χ0v) is 15.0. The van der Waals surface area contributed by atoms with Crippen molar-refractivity contribution in [2.24, 2.45) is 0 Å². The van der Waals surface area contributed by atoms with Crippen LogP contribution in [0.3, 0.4) is 0 Å². The van der Waals surface area contributed by atoms with Crippen LogP contribution in [0.25, 0.3) is 5.69 Å². The molecule has 0 bridgehead atoms. The van der Waals surface area contributed by atoms with Gasteiger partial charge in [0.25, 0.3) is 11.5 Å². The highest BCUT2D eigenvalue weighted by Crippen LogP contribution is 2.15. The number of amides is 1. The van der Waals surface area contributed by atoms with Crippen molar-refractivity contribution in [2.75, 3.05) is 7.11 Å². The maximum atomic E-state index is 13.7. The van der Waals surface area contributed by atoms with Gasteiger partial charge in [-0.2, -0.15) is 0 Å². The van der Waals surface area contributed by atoms with Crippen molar-refractivity contribution in [3.63, 3.8) is 0 Å². The second-order valence-electron chi connectivity index (χ2n) is 5.62. The summed E-state index contributed by atoms with van der Waals surface area (Å²) in [4.78, 5) is 28.3. The fraction of sp³-hybridized carbons (Fsp3) is 0.105. The van der Waals surface area contributed by atoms with Crippen LogP contribution in [0.2, 0.25) is 5.02 Å². The van der Waals surface area contributed by atoms with Crippen molar-refractivity contribution in [3.05, 3.63) is 87.2 Å². The van der Waals surface area contributed by atoms with E-state index in [0.717, 1.165) is 0 Å². The van der Waals surface area contributed by atoms with Crippen molar-refractivity contribution in [1.29, 1.82) is 0 Å². The molecule has 0 radical (unpaired) electrons. The van der Waals surface area contributed by atoms with Crippen LogP contribution in [0.1, 0.15) is 15.9 Å². The minimum absolute atomic E-state index is 0.0725. The van der Waals surface area contributed by atoms with Gasteiger partial charge in [0.15, 0.2) is 5.82 Å². The third-order valence-corrected chi connectivity index (χ3v) is 4.01. The van der Waals surface area contributed by atoms with Crippen LogP contribution in [0.4, 0.5) is 4.39 Å². The first-order valence-electron chi connectivity index (χ1n) is 7.93. The average molecular weight is 388 g/mol. The fourth-order valence-electron chi connectivity index (χ4n) is 2.45. The number of carbonyl (C=O) groups is 1. The highest BCUT2D eigenvalue weighted by molar-refractivity contribution is 6.30. The van der Waals surface area contributed by atoms with E-state index < -0.39 is 11.7 Å². The van der Waals surface area contributed by atoms with E-state index in [9.17, 15) is 14.0 Å². The number of nitrogens with one attached hydrogen (secondary N) is 1. The molecular formula is C19H15ClFN3O3. The summed E-state index contributed by atoms with van der Waals surface area (Å²) >= 11 is 5.96. The van der Waals surface area contributed by atoms with Crippen LogP contribution in [-0.2, 0) is 6.54 Å². The molecule has 0 unspecified atom stereocenters. The van der Waals surface area contributed by atoms with Crippen molar-refractivity contribution in [2.45, 2.75) is 6.54 Å². The topological polar surface area (TPSA) is 73.2 Å². The Morgan fingerprint density at radius 2 is 2.11 bits per heavy atom. The summed E-state index contributed by atoms with van der Waals surface area (Å²) in [5.41, 5.74) is 1.00. The number of benzene rings is 1. The van der Waals surface area contributed by atoms with Gasteiger partial charge in [-0.1, -0.05) is 17.7 Å². The molecule has 8 heteroatoms.